The number of benzene rings is 4. The quantitative estimate of drug-likeness (QED) is 0.143. The normalized spacial score (nSPS) is 16.5. The first kappa shape index (κ1) is 37.0. The Balaban J connectivity index is 1.16. The van der Waals surface area contributed by atoms with Crippen molar-refractivity contribution in [3.05, 3.63) is 131 Å². The van der Waals surface area contributed by atoms with E-state index in [-0.39, 0.29) is 62.2 Å². The number of hydrogen-bond donors (Lipinski definition) is 3. The first-order chi connectivity index (χ1) is 26.5. The number of halogens is 1. The number of carbonyl (C=O) groups is 4. The number of nitrogens with two attached hydrogens (primary N) is 1. The zero-order valence-electron chi connectivity index (χ0n) is 30.1. The van der Waals surface area contributed by atoms with Gasteiger partial charge in [0, 0.05) is 24.8 Å². The summed E-state index contributed by atoms with van der Waals surface area (Å²) in [4.78, 5) is 62.2. The number of carbonyl (C=O) groups excluding carboxylic acids is 4. The number of rotatable bonds is 10. The number of nitrogen functional groups attached to an aromatic ring is 1. The van der Waals surface area contributed by atoms with Crippen LogP contribution in [0.1, 0.15) is 36.1 Å². The third-order valence-electron chi connectivity index (χ3n) is 9.24. The van der Waals surface area contributed by atoms with Crippen molar-refractivity contribution in [2.45, 2.75) is 45.8 Å². The molecule has 1 atom stereocenters. The summed E-state index contributed by atoms with van der Waals surface area (Å²) >= 11 is 1.35. The fourth-order valence-electron chi connectivity index (χ4n) is 6.69. The van der Waals surface area contributed by atoms with Gasteiger partial charge in [0.05, 0.1) is 16.8 Å². The van der Waals surface area contributed by atoms with E-state index in [0.29, 0.717) is 27.5 Å². The van der Waals surface area contributed by atoms with Gasteiger partial charge in [-0.25, -0.2) is 19.0 Å². The van der Waals surface area contributed by atoms with Crippen LogP contribution < -0.4 is 16.4 Å². The van der Waals surface area contributed by atoms with Crippen molar-refractivity contribution in [2.75, 3.05) is 24.1 Å². The molecular weight excluding hydrogens is 724 g/mol. The SMILES string of the molecule is CC(C)N(C(=O)NCc1ccc(F)cc1)N1CC(=O)N2/C(=C/c3ccc(NC(=O)OCc4ccccc4)cc3)C(=O)N(Cc3cccc4sc(N)nc34)C[C@@H]21. The highest BCUT2D eigenvalue weighted by atomic mass is 32.1. The average molecular weight is 763 g/mol. The Kier molecular flexibility index (Phi) is 10.7. The van der Waals surface area contributed by atoms with Crippen LogP contribution in [0.4, 0.5) is 24.8 Å². The van der Waals surface area contributed by atoms with Crippen LogP contribution in [0.25, 0.3) is 16.3 Å². The van der Waals surface area contributed by atoms with E-state index in [1.165, 1.54) is 33.4 Å². The molecule has 0 spiro atoms. The van der Waals surface area contributed by atoms with Crippen molar-refractivity contribution in [1.82, 2.24) is 30.1 Å². The molecule has 3 heterocycles. The summed E-state index contributed by atoms with van der Waals surface area (Å²) in [5.41, 5.74) is 10.3. The molecule has 2 aliphatic rings. The summed E-state index contributed by atoms with van der Waals surface area (Å²) in [5, 5.41) is 9.20. The van der Waals surface area contributed by atoms with E-state index >= 15 is 0 Å². The molecule has 4 N–H and O–H groups in total. The number of piperazine rings is 1. The van der Waals surface area contributed by atoms with Crippen LogP contribution in [0.15, 0.2) is 103 Å². The maximum atomic E-state index is 14.4. The van der Waals surface area contributed by atoms with Crippen LogP contribution >= 0.6 is 11.3 Å². The number of amides is 5. The van der Waals surface area contributed by atoms with Crippen molar-refractivity contribution in [3.8, 4) is 0 Å². The molecule has 7 rings (SSSR count). The van der Waals surface area contributed by atoms with E-state index in [9.17, 15) is 23.6 Å². The van der Waals surface area contributed by atoms with Crippen LogP contribution in [-0.4, -0.2) is 74.0 Å². The third kappa shape index (κ3) is 8.27. The van der Waals surface area contributed by atoms with Crippen LogP contribution in [-0.2, 0) is 34.0 Å². The number of urea groups is 1. The van der Waals surface area contributed by atoms with Crippen LogP contribution in [0.5, 0.6) is 0 Å². The fraction of sp³-hybridized carbons (Fsp3) is 0.225. The van der Waals surface area contributed by atoms with Gasteiger partial charge in [-0.3, -0.25) is 24.8 Å². The number of hydrazine groups is 1. The van der Waals surface area contributed by atoms with Crippen molar-refractivity contribution >= 4 is 62.4 Å². The van der Waals surface area contributed by atoms with E-state index in [1.54, 1.807) is 52.4 Å². The molecule has 0 unspecified atom stereocenters. The molecule has 2 aliphatic heterocycles. The van der Waals surface area contributed by atoms with Gasteiger partial charge in [0.1, 0.15) is 30.8 Å². The molecule has 282 valence electrons. The Morgan fingerprint density at radius 3 is 2.47 bits per heavy atom. The molecule has 0 bridgehead atoms. The molecule has 0 saturated carbocycles. The minimum atomic E-state index is -0.726. The number of anilines is 2. The number of para-hydroxylation sites is 1. The lowest BCUT2D eigenvalue weighted by atomic mass is 10.1. The van der Waals surface area contributed by atoms with Crippen molar-refractivity contribution in [1.29, 1.82) is 0 Å². The highest BCUT2D eigenvalue weighted by molar-refractivity contribution is 7.22. The summed E-state index contributed by atoms with van der Waals surface area (Å²) in [6, 6.07) is 26.8. The first-order valence-electron chi connectivity index (χ1n) is 17.7. The van der Waals surface area contributed by atoms with Crippen molar-refractivity contribution < 1.29 is 28.3 Å². The van der Waals surface area contributed by atoms with Gasteiger partial charge in [-0.15, -0.1) is 0 Å². The van der Waals surface area contributed by atoms with Crippen molar-refractivity contribution in [3.63, 3.8) is 0 Å². The molecule has 15 heteroatoms. The van der Waals surface area contributed by atoms with Gasteiger partial charge in [0.25, 0.3) is 5.91 Å². The molecular formula is C40H39FN8O5S. The number of aromatic nitrogens is 1. The number of thiazole rings is 1. The second-order valence-corrected chi connectivity index (χ2v) is 14.5. The molecule has 2 saturated heterocycles. The number of ether oxygens (including phenoxy) is 1. The second kappa shape index (κ2) is 16.0. The number of nitrogens with zero attached hydrogens (tertiary/aromatic N) is 5. The topological polar surface area (TPSA) is 153 Å². The fourth-order valence-corrected chi connectivity index (χ4v) is 7.47. The number of fused-ring (bicyclic) bond motifs is 2. The van der Waals surface area contributed by atoms with E-state index in [1.807, 2.05) is 62.4 Å². The van der Waals surface area contributed by atoms with Gasteiger partial charge in [0.15, 0.2) is 5.13 Å². The molecule has 1 aromatic heterocycles. The first-order valence-corrected chi connectivity index (χ1v) is 18.5. The lowest BCUT2D eigenvalue weighted by Gasteiger charge is -2.44. The lowest BCUT2D eigenvalue weighted by Crippen LogP contribution is -2.62. The van der Waals surface area contributed by atoms with E-state index in [4.69, 9.17) is 10.5 Å². The highest BCUT2D eigenvalue weighted by Gasteiger charge is 2.50. The molecule has 0 radical (unpaired) electrons. The summed E-state index contributed by atoms with van der Waals surface area (Å²) in [5.74, 6) is -1.11. The zero-order valence-corrected chi connectivity index (χ0v) is 31.0. The van der Waals surface area contributed by atoms with Crippen LogP contribution in [0.2, 0.25) is 0 Å². The van der Waals surface area contributed by atoms with Crippen LogP contribution in [0, 0.1) is 5.82 Å². The third-order valence-corrected chi connectivity index (χ3v) is 10.1. The highest BCUT2D eigenvalue weighted by Crippen LogP contribution is 2.34. The Morgan fingerprint density at radius 1 is 1.00 bits per heavy atom. The largest absolute Gasteiger partial charge is 0.444 e. The van der Waals surface area contributed by atoms with Gasteiger partial charge in [-0.1, -0.05) is 78.1 Å². The van der Waals surface area contributed by atoms with Gasteiger partial charge in [-0.2, -0.15) is 5.01 Å². The predicted molar refractivity (Wildman–Crippen MR) is 207 cm³/mol. The smallest absolute Gasteiger partial charge is 0.411 e. The van der Waals surface area contributed by atoms with Gasteiger partial charge in [-0.05, 0) is 72.5 Å². The Bertz CT molecular complexity index is 2250. The molecule has 5 amide bonds. The Morgan fingerprint density at radius 2 is 1.75 bits per heavy atom. The minimum Gasteiger partial charge on any atom is -0.444 e. The summed E-state index contributed by atoms with van der Waals surface area (Å²) in [7, 11) is 0. The lowest BCUT2D eigenvalue weighted by molar-refractivity contribution is -0.143. The number of hydrogen-bond acceptors (Lipinski definition) is 9. The minimum absolute atomic E-state index is 0.0976. The van der Waals surface area contributed by atoms with Gasteiger partial charge in [0.2, 0.25) is 5.91 Å². The van der Waals surface area contributed by atoms with E-state index in [2.05, 4.69) is 15.6 Å². The van der Waals surface area contributed by atoms with E-state index < -0.39 is 18.3 Å². The predicted octanol–water partition coefficient (Wildman–Crippen LogP) is 6.16. The standard InChI is InChI=1S/C40H39FN8O5S/c1-25(2)49(39(52)43-20-27-11-15-30(41)16-12-27)47-23-35(50)48-32(19-26-13-17-31(18-14-26)44-40(53)54-24-28-7-4-3-5-8-28)37(51)46(22-34(47)48)21-29-9-6-10-33-36(29)45-38(42)55-33/h3-19,25,34H,20-24H2,1-2H3,(H2,42,45)(H,43,52)(H,44,53)/b32-19+/t34-/m1/s1. The Labute approximate surface area is 320 Å². The molecule has 4 aromatic carbocycles. The molecule has 0 aliphatic carbocycles. The monoisotopic (exact) mass is 762 g/mol. The summed E-state index contributed by atoms with van der Waals surface area (Å²) in [6.45, 7) is 4.06. The Hall–Kier alpha value is -6.32. The second-order valence-electron chi connectivity index (χ2n) is 13.4. The summed E-state index contributed by atoms with van der Waals surface area (Å²) in [6.07, 6.45) is 0.290. The van der Waals surface area contributed by atoms with Gasteiger partial charge >= 0.3 is 12.1 Å². The summed E-state index contributed by atoms with van der Waals surface area (Å²) < 4.78 is 19.7. The maximum absolute atomic E-state index is 14.4. The number of nitrogens with one attached hydrogen (secondary N) is 2. The average Bonchev–Trinajstić information content (AvgIpc) is 3.71. The van der Waals surface area contributed by atoms with Gasteiger partial charge < -0.3 is 20.7 Å². The molecule has 5 aromatic rings. The zero-order chi connectivity index (χ0) is 38.6. The molecule has 55 heavy (non-hydrogen) atoms. The molecule has 13 nitrogen and oxygen atoms in total. The molecule has 2 fully saturated rings. The maximum Gasteiger partial charge on any atom is 0.411 e. The van der Waals surface area contributed by atoms with Crippen LogP contribution in [0.3, 0.4) is 0 Å². The van der Waals surface area contributed by atoms with Crippen molar-refractivity contribution in [2.24, 2.45) is 0 Å². The van der Waals surface area contributed by atoms with E-state index in [0.717, 1.165) is 15.8 Å².